The fourth-order valence-corrected chi connectivity index (χ4v) is 1.86. The van der Waals surface area contributed by atoms with Gasteiger partial charge in [0.15, 0.2) is 0 Å². The lowest BCUT2D eigenvalue weighted by atomic mass is 9.75. The fourth-order valence-electron chi connectivity index (χ4n) is 1.86. The van der Waals surface area contributed by atoms with Gasteiger partial charge in [0.25, 0.3) is 0 Å². The van der Waals surface area contributed by atoms with Crippen molar-refractivity contribution in [3.05, 3.63) is 24.5 Å². The number of nitrogens with zero attached hydrogens (tertiary/aromatic N) is 2. The van der Waals surface area contributed by atoms with Gasteiger partial charge in [-0.1, -0.05) is 6.32 Å². The van der Waals surface area contributed by atoms with E-state index >= 15 is 0 Å². The van der Waals surface area contributed by atoms with Gasteiger partial charge in [-0.15, -0.1) is 0 Å². The number of rotatable bonds is 3. The van der Waals surface area contributed by atoms with E-state index in [0.29, 0.717) is 13.1 Å². The molecule has 1 aliphatic heterocycles. The molecular weight excluding hydrogens is 204 g/mol. The van der Waals surface area contributed by atoms with E-state index < -0.39 is 13.3 Å². The van der Waals surface area contributed by atoms with Gasteiger partial charge in [-0.3, -0.25) is 4.98 Å². The first-order chi connectivity index (χ1) is 7.04. The third kappa shape index (κ3) is 2.64. The maximum Gasteiger partial charge on any atom is 0.478 e. The summed E-state index contributed by atoms with van der Waals surface area (Å²) in [4.78, 5) is 5.80. The van der Waals surface area contributed by atoms with Gasteiger partial charge in [0.05, 0.1) is 0 Å². The molecule has 0 unspecified atom stereocenters. The van der Waals surface area contributed by atoms with Gasteiger partial charge in [-0.25, -0.2) is 0 Å². The van der Waals surface area contributed by atoms with Crippen molar-refractivity contribution in [2.75, 3.05) is 18.0 Å². The first kappa shape index (κ1) is 10.3. The SMILES string of the molecule is F[B-](F)(F)CC1CN(c2ccncc2)C1. The van der Waals surface area contributed by atoms with Gasteiger partial charge < -0.3 is 17.8 Å². The molecule has 1 fully saturated rings. The summed E-state index contributed by atoms with van der Waals surface area (Å²) in [6.45, 7) is -3.62. The zero-order chi connectivity index (χ0) is 10.9. The van der Waals surface area contributed by atoms with Crippen molar-refractivity contribution < 1.29 is 12.9 Å². The van der Waals surface area contributed by atoms with Gasteiger partial charge in [-0.2, -0.15) is 0 Å². The number of hydrogen-bond acceptors (Lipinski definition) is 2. The summed E-state index contributed by atoms with van der Waals surface area (Å²) < 4.78 is 36.3. The predicted octanol–water partition coefficient (Wildman–Crippen LogP) is 2.37. The highest BCUT2D eigenvalue weighted by Crippen LogP contribution is 2.31. The summed E-state index contributed by atoms with van der Waals surface area (Å²) in [6.07, 6.45) is 2.69. The number of halogens is 3. The fraction of sp³-hybridized carbons (Fsp3) is 0.444. The average Bonchev–Trinajstić information content (AvgIpc) is 2.11. The van der Waals surface area contributed by atoms with Gasteiger partial charge in [0, 0.05) is 31.2 Å². The van der Waals surface area contributed by atoms with Crippen LogP contribution in [0.3, 0.4) is 0 Å². The van der Waals surface area contributed by atoms with Crippen molar-refractivity contribution in [3.63, 3.8) is 0 Å². The highest BCUT2D eigenvalue weighted by molar-refractivity contribution is 6.58. The maximum absolute atomic E-state index is 12.1. The van der Waals surface area contributed by atoms with Crippen molar-refractivity contribution in [3.8, 4) is 0 Å². The van der Waals surface area contributed by atoms with E-state index in [1.54, 1.807) is 12.4 Å². The standard InChI is InChI=1S/C9H11BF3N2/c11-10(12,13)5-8-6-15(7-8)9-1-3-14-4-2-9/h1-4,8H,5-7H2/q-1. The Morgan fingerprint density at radius 1 is 1.27 bits per heavy atom. The summed E-state index contributed by atoms with van der Waals surface area (Å²) in [7, 11) is 0. The second kappa shape index (κ2) is 3.75. The van der Waals surface area contributed by atoms with Crippen LogP contribution in [0.2, 0.25) is 6.32 Å². The molecule has 2 heterocycles. The molecule has 1 aromatic rings. The summed E-state index contributed by atoms with van der Waals surface area (Å²) in [5.41, 5.74) is 0.955. The van der Waals surface area contributed by atoms with Crippen LogP contribution in [-0.2, 0) is 0 Å². The molecule has 0 spiro atoms. The van der Waals surface area contributed by atoms with Crippen molar-refractivity contribution in [2.45, 2.75) is 6.32 Å². The van der Waals surface area contributed by atoms with E-state index in [2.05, 4.69) is 4.98 Å². The maximum atomic E-state index is 12.1. The Labute approximate surface area is 86.2 Å². The molecule has 15 heavy (non-hydrogen) atoms. The Bertz CT molecular complexity index is 322. The normalized spacial score (nSPS) is 17.7. The lowest BCUT2D eigenvalue weighted by molar-refractivity contribution is 0.381. The molecule has 0 saturated carbocycles. The predicted molar refractivity (Wildman–Crippen MR) is 53.8 cm³/mol. The van der Waals surface area contributed by atoms with Crippen LogP contribution >= 0.6 is 0 Å². The Morgan fingerprint density at radius 3 is 2.40 bits per heavy atom. The van der Waals surface area contributed by atoms with Crippen LogP contribution in [0.1, 0.15) is 0 Å². The largest absolute Gasteiger partial charge is 0.478 e. The first-order valence-corrected chi connectivity index (χ1v) is 4.90. The van der Waals surface area contributed by atoms with Gasteiger partial charge in [-0.05, 0) is 18.1 Å². The molecule has 1 aliphatic rings. The zero-order valence-electron chi connectivity index (χ0n) is 8.11. The molecular formula is C9H11BF3N2-. The Hall–Kier alpha value is -1.20. The molecule has 2 nitrogen and oxygen atoms in total. The second-order valence-electron chi connectivity index (χ2n) is 3.92. The van der Waals surface area contributed by atoms with Crippen molar-refractivity contribution in [1.29, 1.82) is 0 Å². The van der Waals surface area contributed by atoms with Crippen molar-refractivity contribution in [1.82, 2.24) is 4.98 Å². The molecule has 1 aromatic heterocycles. The Balaban J connectivity index is 1.84. The average molecular weight is 215 g/mol. The van der Waals surface area contributed by atoms with Crippen LogP contribution < -0.4 is 4.90 Å². The van der Waals surface area contributed by atoms with E-state index in [-0.39, 0.29) is 5.92 Å². The van der Waals surface area contributed by atoms with Crippen LogP contribution in [0, 0.1) is 5.92 Å². The summed E-state index contributed by atoms with van der Waals surface area (Å²) >= 11 is 0. The monoisotopic (exact) mass is 215 g/mol. The molecule has 1 saturated heterocycles. The third-order valence-corrected chi connectivity index (χ3v) is 2.59. The molecule has 0 N–H and O–H groups in total. The van der Waals surface area contributed by atoms with Crippen LogP contribution in [-0.4, -0.2) is 25.1 Å². The van der Waals surface area contributed by atoms with E-state index in [1.165, 1.54) is 0 Å². The minimum absolute atomic E-state index is 0.224. The molecule has 0 radical (unpaired) electrons. The minimum Gasteiger partial charge on any atom is -0.449 e. The van der Waals surface area contributed by atoms with Crippen LogP contribution in [0.5, 0.6) is 0 Å². The van der Waals surface area contributed by atoms with E-state index in [0.717, 1.165) is 5.69 Å². The quantitative estimate of drug-likeness (QED) is 0.719. The van der Waals surface area contributed by atoms with Gasteiger partial charge in [0.1, 0.15) is 0 Å². The van der Waals surface area contributed by atoms with Gasteiger partial charge in [0.2, 0.25) is 0 Å². The zero-order valence-corrected chi connectivity index (χ0v) is 8.11. The molecule has 2 rings (SSSR count). The van der Waals surface area contributed by atoms with Gasteiger partial charge >= 0.3 is 6.98 Å². The molecule has 0 bridgehead atoms. The number of aromatic nitrogens is 1. The summed E-state index contributed by atoms with van der Waals surface area (Å²) in [5.74, 6) is -0.224. The molecule has 0 atom stereocenters. The van der Waals surface area contributed by atoms with E-state index in [1.807, 2.05) is 17.0 Å². The second-order valence-corrected chi connectivity index (χ2v) is 3.92. The van der Waals surface area contributed by atoms with Crippen LogP contribution in [0.4, 0.5) is 18.6 Å². The highest BCUT2D eigenvalue weighted by Gasteiger charge is 2.34. The van der Waals surface area contributed by atoms with E-state index in [4.69, 9.17) is 0 Å². The topological polar surface area (TPSA) is 16.1 Å². The molecule has 0 aromatic carbocycles. The smallest absolute Gasteiger partial charge is 0.449 e. The number of pyridine rings is 1. The Morgan fingerprint density at radius 2 is 1.87 bits per heavy atom. The molecule has 0 amide bonds. The number of hydrogen-bond donors (Lipinski definition) is 0. The van der Waals surface area contributed by atoms with Crippen LogP contribution in [0.25, 0.3) is 0 Å². The van der Waals surface area contributed by atoms with Crippen molar-refractivity contribution in [2.24, 2.45) is 5.92 Å². The van der Waals surface area contributed by atoms with Crippen LogP contribution in [0.15, 0.2) is 24.5 Å². The summed E-state index contributed by atoms with van der Waals surface area (Å²) in [5, 5.41) is 0. The minimum atomic E-state index is -4.63. The lowest BCUT2D eigenvalue weighted by Gasteiger charge is -2.43. The van der Waals surface area contributed by atoms with E-state index in [9.17, 15) is 12.9 Å². The number of anilines is 1. The molecule has 0 aliphatic carbocycles. The highest BCUT2D eigenvalue weighted by atomic mass is 19.4. The third-order valence-electron chi connectivity index (χ3n) is 2.59. The Kier molecular flexibility index (Phi) is 2.58. The first-order valence-electron chi connectivity index (χ1n) is 4.90. The molecule has 82 valence electrons. The molecule has 6 heteroatoms. The van der Waals surface area contributed by atoms with Crippen molar-refractivity contribution >= 4 is 12.7 Å². The summed E-state index contributed by atoms with van der Waals surface area (Å²) in [6, 6.07) is 3.63. The lowest BCUT2D eigenvalue weighted by Crippen LogP contribution is -2.48.